The van der Waals surface area contributed by atoms with Gasteiger partial charge in [-0.05, 0) is 0 Å². The second-order valence-corrected chi connectivity index (χ2v) is 1.54. The fourth-order valence-corrected chi connectivity index (χ4v) is 0. The Bertz CT molecular complexity index is 76.4. The van der Waals surface area contributed by atoms with E-state index in [0.717, 1.165) is 0 Å². The summed E-state index contributed by atoms with van der Waals surface area (Å²) in [4.78, 5) is 21.6. The van der Waals surface area contributed by atoms with Gasteiger partial charge in [-0.2, -0.15) is 0 Å². The van der Waals surface area contributed by atoms with Crippen molar-refractivity contribution >= 4 is 45.6 Å². The van der Waals surface area contributed by atoms with Crippen LogP contribution in [0.25, 0.3) is 0 Å². The van der Waals surface area contributed by atoms with Crippen molar-refractivity contribution in [3.8, 4) is 0 Å². The fraction of sp³-hybridized carbons (Fsp3) is 0. The molecular weight excluding hydrogens is 232 g/mol. The molecule has 0 aliphatic heterocycles. The van der Waals surface area contributed by atoms with E-state index in [0.29, 0.717) is 0 Å². The molecule has 0 bridgehead atoms. The van der Waals surface area contributed by atoms with Gasteiger partial charge in [-0.15, -0.1) is 0 Å². The molecule has 9 heteroatoms. The SMILES string of the molecule is O.O=P(O)(O)O.[Ca+2].[H-].[H-].[O]=[Zn]. The van der Waals surface area contributed by atoms with Gasteiger partial charge in [0.05, 0.1) is 0 Å². The third-order valence-electron chi connectivity index (χ3n) is 0. The number of phosphoric acid groups is 1. The summed E-state index contributed by atoms with van der Waals surface area (Å²) < 4.78 is 17.3. The molecule has 0 heterocycles. The first-order valence-corrected chi connectivity index (χ1v) is 3.85. The topological polar surface area (TPSA) is 126 Å². The van der Waals surface area contributed by atoms with Gasteiger partial charge in [-0.3, -0.25) is 0 Å². The van der Waals surface area contributed by atoms with Gasteiger partial charge >= 0.3 is 67.4 Å². The predicted octanol–water partition coefficient (Wildman–Crippen LogP) is -2.03. The molecule has 0 unspecified atom stereocenters. The van der Waals surface area contributed by atoms with Crippen molar-refractivity contribution < 1.29 is 49.4 Å². The monoisotopic (exact) mass is 238 g/mol. The van der Waals surface area contributed by atoms with Gasteiger partial charge in [0, 0.05) is 0 Å². The van der Waals surface area contributed by atoms with Crippen LogP contribution in [-0.4, -0.2) is 57.9 Å². The Morgan fingerprint density at radius 2 is 1.22 bits per heavy atom. The average Bonchev–Trinajstić information content (AvgIpc) is 1.36. The molecule has 0 aliphatic carbocycles. The van der Waals surface area contributed by atoms with Crippen LogP contribution < -0.4 is 0 Å². The first kappa shape index (κ1) is 22.4. The Hall–Kier alpha value is 1.75. The van der Waals surface area contributed by atoms with Gasteiger partial charge in [-0.1, -0.05) is 0 Å². The Balaban J connectivity index is -0.00000000972. The molecule has 0 amide bonds. The van der Waals surface area contributed by atoms with Crippen LogP contribution in [0.15, 0.2) is 0 Å². The Labute approximate surface area is 94.1 Å². The maximum atomic E-state index is 8.88. The molecule has 0 aromatic heterocycles. The molecule has 6 nitrogen and oxygen atoms in total. The summed E-state index contributed by atoms with van der Waals surface area (Å²) in [5.74, 6) is 0. The van der Waals surface area contributed by atoms with Crippen LogP contribution in [0.5, 0.6) is 0 Å². The molecule has 0 saturated carbocycles. The molecule has 0 fully saturated rings. The summed E-state index contributed by atoms with van der Waals surface area (Å²) in [7, 11) is -4.64. The second kappa shape index (κ2) is 12.4. The van der Waals surface area contributed by atoms with Crippen LogP contribution in [0.2, 0.25) is 0 Å². The molecule has 52 valence electrons. The number of rotatable bonds is 0. The van der Waals surface area contributed by atoms with Crippen molar-refractivity contribution in [2.75, 3.05) is 0 Å². The molecule has 9 heavy (non-hydrogen) atoms. The zero-order chi connectivity index (χ0) is 6.50. The van der Waals surface area contributed by atoms with E-state index < -0.39 is 7.82 Å². The van der Waals surface area contributed by atoms with Crippen LogP contribution in [0.3, 0.4) is 0 Å². The van der Waals surface area contributed by atoms with Gasteiger partial charge in [0.2, 0.25) is 0 Å². The number of hydrogen-bond acceptors (Lipinski definition) is 2. The summed E-state index contributed by atoms with van der Waals surface area (Å²) in [6, 6.07) is 0. The Morgan fingerprint density at radius 3 is 1.22 bits per heavy atom. The third-order valence-corrected chi connectivity index (χ3v) is 0. The summed E-state index contributed by atoms with van der Waals surface area (Å²) in [5, 5.41) is 0. The van der Waals surface area contributed by atoms with E-state index >= 15 is 0 Å². The van der Waals surface area contributed by atoms with E-state index in [2.05, 4.69) is 0 Å². The van der Waals surface area contributed by atoms with Crippen molar-refractivity contribution in [1.82, 2.24) is 0 Å². The van der Waals surface area contributed by atoms with Crippen LogP contribution in [0.1, 0.15) is 2.85 Å². The van der Waals surface area contributed by atoms with Gasteiger partial charge in [0.1, 0.15) is 0 Å². The first-order chi connectivity index (χ1) is 3.00. The van der Waals surface area contributed by atoms with Gasteiger partial charge in [0.25, 0.3) is 0 Å². The standard InChI is InChI=1S/Ca.H3O4P.H2O.O.Zn.2H/c;1-5(2,3)4;;;;;/h;(H3,1,2,3,4);1H2;;;;/q+2;;;;;2*-1. The molecule has 0 radical (unpaired) electrons. The van der Waals surface area contributed by atoms with Gasteiger partial charge < -0.3 is 23.0 Å². The molecule has 0 saturated heterocycles. The van der Waals surface area contributed by atoms with Crippen LogP contribution in [0, 0.1) is 0 Å². The maximum absolute atomic E-state index is 8.88. The Kier molecular flexibility index (Phi) is 31.0. The molecule has 0 aromatic carbocycles. The van der Waals surface area contributed by atoms with Crippen LogP contribution >= 0.6 is 7.82 Å². The van der Waals surface area contributed by atoms with Crippen molar-refractivity contribution in [2.24, 2.45) is 0 Å². The fourth-order valence-electron chi connectivity index (χ4n) is 0. The minimum absolute atomic E-state index is 0. The van der Waals surface area contributed by atoms with E-state index in [1.165, 1.54) is 0 Å². The molecule has 0 aliphatic rings. The summed E-state index contributed by atoms with van der Waals surface area (Å²) in [5.41, 5.74) is 0. The quantitative estimate of drug-likeness (QED) is 0.332. The molecule has 0 atom stereocenters. The van der Waals surface area contributed by atoms with Crippen molar-refractivity contribution in [3.63, 3.8) is 0 Å². The van der Waals surface area contributed by atoms with E-state index in [1.54, 1.807) is 0 Å². The molecule has 0 rings (SSSR count). The van der Waals surface area contributed by atoms with Gasteiger partial charge in [-0.25, -0.2) is 4.57 Å². The van der Waals surface area contributed by atoms with Crippen molar-refractivity contribution in [1.29, 1.82) is 0 Å². The van der Waals surface area contributed by atoms with Crippen molar-refractivity contribution in [3.05, 3.63) is 0 Å². The van der Waals surface area contributed by atoms with Gasteiger partial charge in [0.15, 0.2) is 0 Å². The van der Waals surface area contributed by atoms with Crippen LogP contribution in [-0.2, 0) is 26.4 Å². The van der Waals surface area contributed by atoms with Crippen molar-refractivity contribution in [2.45, 2.75) is 0 Å². The summed E-state index contributed by atoms with van der Waals surface area (Å²) in [6.07, 6.45) is 0. The normalized spacial score (nSPS) is 7.22. The van der Waals surface area contributed by atoms with E-state index in [-0.39, 0.29) is 64.3 Å². The second-order valence-electron chi connectivity index (χ2n) is 0.513. The first-order valence-electron chi connectivity index (χ1n) is 1.07. The van der Waals surface area contributed by atoms with E-state index in [4.69, 9.17) is 22.8 Å². The molecular formula is H7CaO6PZn. The zero-order valence-corrected chi connectivity index (χ0v) is 10.6. The predicted molar refractivity (Wildman–Crippen MR) is 26.5 cm³/mol. The molecule has 0 aromatic rings. The Morgan fingerprint density at radius 1 is 1.22 bits per heavy atom. The molecule has 5 N–H and O–H groups in total. The third kappa shape index (κ3) is 191. The van der Waals surface area contributed by atoms with E-state index in [1.807, 2.05) is 0 Å². The summed E-state index contributed by atoms with van der Waals surface area (Å²) >= 11 is 0.125. The van der Waals surface area contributed by atoms with E-state index in [9.17, 15) is 0 Å². The molecule has 0 spiro atoms. The minimum atomic E-state index is -4.64. The summed E-state index contributed by atoms with van der Waals surface area (Å²) in [6.45, 7) is 0. The number of hydrogen-bond donors (Lipinski definition) is 3. The zero-order valence-electron chi connectivity index (χ0n) is 6.52. The van der Waals surface area contributed by atoms with Crippen LogP contribution in [0.4, 0.5) is 0 Å². The average molecular weight is 239 g/mol.